The lowest BCUT2D eigenvalue weighted by Gasteiger charge is -1.91. The fraction of sp³-hybridized carbons (Fsp3) is 0.222. The van der Waals surface area contributed by atoms with E-state index in [0.717, 1.165) is 21.5 Å². The summed E-state index contributed by atoms with van der Waals surface area (Å²) >= 11 is 1.63. The monoisotopic (exact) mass is 179 g/mol. The number of carbonyl (C=O) groups excluding carboxylic acids is 1. The summed E-state index contributed by atoms with van der Waals surface area (Å²) in [5.74, 6) is 0.136. The summed E-state index contributed by atoms with van der Waals surface area (Å²) < 4.78 is 0. The first-order valence-electron chi connectivity index (χ1n) is 3.77. The van der Waals surface area contributed by atoms with Crippen molar-refractivity contribution >= 4 is 27.3 Å². The lowest BCUT2D eigenvalue weighted by atomic mass is 10.1. The van der Waals surface area contributed by atoms with Gasteiger partial charge in [-0.2, -0.15) is 0 Å². The molecule has 0 aliphatic carbocycles. The third-order valence-electron chi connectivity index (χ3n) is 1.96. The van der Waals surface area contributed by atoms with Crippen molar-refractivity contribution in [3.63, 3.8) is 0 Å². The molecular formula is C9H9NOS. The third kappa shape index (κ3) is 0.898. The minimum Gasteiger partial charge on any atom is -0.350 e. The van der Waals surface area contributed by atoms with Crippen LogP contribution in [0.2, 0.25) is 0 Å². The normalized spacial score (nSPS) is 10.8. The highest BCUT2D eigenvalue weighted by Gasteiger charge is 2.12. The molecular weight excluding hydrogens is 170 g/mol. The Balaban J connectivity index is 2.84. The van der Waals surface area contributed by atoms with Crippen molar-refractivity contribution in [1.29, 1.82) is 0 Å². The molecule has 1 N–H and O–H groups in total. The highest BCUT2D eigenvalue weighted by atomic mass is 32.1. The van der Waals surface area contributed by atoms with Gasteiger partial charge in [-0.15, -0.1) is 11.3 Å². The topological polar surface area (TPSA) is 32.9 Å². The Morgan fingerprint density at radius 1 is 1.58 bits per heavy atom. The first-order valence-corrected chi connectivity index (χ1v) is 4.65. The van der Waals surface area contributed by atoms with Crippen LogP contribution in [0.1, 0.15) is 23.0 Å². The minimum absolute atomic E-state index is 0.136. The highest BCUT2D eigenvalue weighted by molar-refractivity contribution is 7.16. The maximum atomic E-state index is 11.2. The van der Waals surface area contributed by atoms with Crippen LogP contribution >= 0.6 is 11.3 Å². The number of aromatic amines is 1. The Morgan fingerprint density at radius 2 is 2.33 bits per heavy atom. The molecule has 2 heterocycles. The summed E-state index contributed by atoms with van der Waals surface area (Å²) in [6.45, 7) is 3.54. The van der Waals surface area contributed by atoms with Crippen LogP contribution in [-0.4, -0.2) is 10.8 Å². The molecule has 0 aliphatic heterocycles. The summed E-state index contributed by atoms with van der Waals surface area (Å²) in [5.41, 5.74) is 1.82. The van der Waals surface area contributed by atoms with Crippen molar-refractivity contribution in [2.45, 2.75) is 13.8 Å². The molecule has 3 heteroatoms. The average molecular weight is 179 g/mol. The van der Waals surface area contributed by atoms with E-state index < -0.39 is 0 Å². The first-order chi connectivity index (χ1) is 5.70. The smallest absolute Gasteiger partial charge is 0.162 e. The molecule has 0 spiro atoms. The van der Waals surface area contributed by atoms with E-state index in [0.29, 0.717) is 0 Å². The fourth-order valence-electron chi connectivity index (χ4n) is 1.49. The maximum absolute atomic E-state index is 11.2. The highest BCUT2D eigenvalue weighted by Crippen LogP contribution is 2.26. The van der Waals surface area contributed by atoms with E-state index in [4.69, 9.17) is 0 Å². The summed E-state index contributed by atoms with van der Waals surface area (Å²) in [4.78, 5) is 15.5. The van der Waals surface area contributed by atoms with Gasteiger partial charge < -0.3 is 4.98 Å². The Morgan fingerprint density at radius 3 is 3.00 bits per heavy atom. The number of ketones is 1. The number of thiophene rings is 1. The van der Waals surface area contributed by atoms with Gasteiger partial charge in [0, 0.05) is 16.6 Å². The second-order valence-corrected chi connectivity index (χ2v) is 3.76. The van der Waals surface area contributed by atoms with Crippen LogP contribution in [0.5, 0.6) is 0 Å². The zero-order valence-corrected chi connectivity index (χ0v) is 7.79. The minimum atomic E-state index is 0.136. The molecule has 2 aromatic heterocycles. The van der Waals surface area contributed by atoms with E-state index in [-0.39, 0.29) is 5.78 Å². The Hall–Kier alpha value is -1.09. The van der Waals surface area contributed by atoms with Crippen LogP contribution in [-0.2, 0) is 0 Å². The first kappa shape index (κ1) is 7.55. The number of carbonyl (C=O) groups is 1. The summed E-state index contributed by atoms with van der Waals surface area (Å²) in [6.07, 6.45) is 0. The molecule has 0 fully saturated rings. The molecule has 0 aromatic carbocycles. The SMILES string of the molecule is CC(=O)c1c(C)[nH]c2sccc12. The number of Topliss-reactive ketones (excluding diaryl/α,β-unsaturated/α-hetero) is 1. The predicted octanol–water partition coefficient (Wildman–Crippen LogP) is 2.74. The van der Waals surface area contributed by atoms with Crippen LogP contribution in [0.4, 0.5) is 0 Å². The van der Waals surface area contributed by atoms with Gasteiger partial charge in [0.25, 0.3) is 0 Å². The van der Waals surface area contributed by atoms with Crippen molar-refractivity contribution in [2.24, 2.45) is 0 Å². The largest absolute Gasteiger partial charge is 0.350 e. The van der Waals surface area contributed by atoms with Crippen LogP contribution in [0, 0.1) is 6.92 Å². The molecule has 0 amide bonds. The molecule has 0 saturated heterocycles. The molecule has 0 bridgehead atoms. The van der Waals surface area contributed by atoms with Crippen molar-refractivity contribution in [2.75, 3.05) is 0 Å². The van der Waals surface area contributed by atoms with Crippen LogP contribution in [0.3, 0.4) is 0 Å². The second-order valence-electron chi connectivity index (χ2n) is 2.84. The summed E-state index contributed by atoms with van der Waals surface area (Å²) in [5, 5.41) is 3.05. The van der Waals surface area contributed by atoms with E-state index in [9.17, 15) is 4.79 Å². The average Bonchev–Trinajstić information content (AvgIpc) is 2.44. The molecule has 0 atom stereocenters. The van der Waals surface area contributed by atoms with Gasteiger partial charge in [0.1, 0.15) is 4.83 Å². The van der Waals surface area contributed by atoms with Gasteiger partial charge in [-0.05, 0) is 25.3 Å². The van der Waals surface area contributed by atoms with E-state index >= 15 is 0 Å². The third-order valence-corrected chi connectivity index (χ3v) is 2.79. The van der Waals surface area contributed by atoms with E-state index in [1.54, 1.807) is 18.3 Å². The van der Waals surface area contributed by atoms with Gasteiger partial charge in [-0.3, -0.25) is 4.79 Å². The van der Waals surface area contributed by atoms with Crippen molar-refractivity contribution in [1.82, 2.24) is 4.98 Å². The van der Waals surface area contributed by atoms with Gasteiger partial charge in [0.15, 0.2) is 5.78 Å². The van der Waals surface area contributed by atoms with Crippen LogP contribution < -0.4 is 0 Å². The summed E-state index contributed by atoms with van der Waals surface area (Å²) in [6, 6.07) is 1.99. The molecule has 2 rings (SSSR count). The zero-order chi connectivity index (χ0) is 8.72. The lowest BCUT2D eigenvalue weighted by molar-refractivity contribution is 0.101. The van der Waals surface area contributed by atoms with Crippen molar-refractivity contribution in [3.8, 4) is 0 Å². The number of rotatable bonds is 1. The lowest BCUT2D eigenvalue weighted by Crippen LogP contribution is -1.92. The second kappa shape index (κ2) is 2.45. The van der Waals surface area contributed by atoms with Crippen molar-refractivity contribution < 1.29 is 4.79 Å². The molecule has 2 nitrogen and oxygen atoms in total. The van der Waals surface area contributed by atoms with E-state index in [1.165, 1.54) is 0 Å². The molecule has 0 aliphatic rings. The number of aromatic nitrogens is 1. The molecule has 62 valence electrons. The zero-order valence-electron chi connectivity index (χ0n) is 6.97. The standard InChI is InChI=1S/C9H9NOS/c1-5-8(6(2)11)7-3-4-12-9(7)10-5/h3-4,10H,1-2H3. The van der Waals surface area contributed by atoms with Gasteiger partial charge in [-0.25, -0.2) is 0 Å². The van der Waals surface area contributed by atoms with Crippen LogP contribution in [0.25, 0.3) is 10.2 Å². The molecule has 2 aromatic rings. The molecule has 0 radical (unpaired) electrons. The van der Waals surface area contributed by atoms with Gasteiger partial charge in [0.05, 0.1) is 0 Å². The van der Waals surface area contributed by atoms with Crippen molar-refractivity contribution in [3.05, 3.63) is 22.7 Å². The maximum Gasteiger partial charge on any atom is 0.162 e. The van der Waals surface area contributed by atoms with Gasteiger partial charge in [0.2, 0.25) is 0 Å². The number of hydrogen-bond acceptors (Lipinski definition) is 2. The number of nitrogens with one attached hydrogen (secondary N) is 1. The Bertz CT molecular complexity index is 438. The number of aryl methyl sites for hydroxylation is 1. The van der Waals surface area contributed by atoms with Crippen LogP contribution in [0.15, 0.2) is 11.4 Å². The van der Waals surface area contributed by atoms with E-state index in [1.807, 2.05) is 18.4 Å². The molecule has 12 heavy (non-hydrogen) atoms. The quantitative estimate of drug-likeness (QED) is 0.671. The Kier molecular flexibility index (Phi) is 1.54. The molecule has 0 unspecified atom stereocenters. The van der Waals surface area contributed by atoms with Gasteiger partial charge >= 0.3 is 0 Å². The predicted molar refractivity (Wildman–Crippen MR) is 50.9 cm³/mol. The number of H-pyrrole nitrogens is 1. The van der Waals surface area contributed by atoms with Gasteiger partial charge in [-0.1, -0.05) is 0 Å². The Labute approximate surface area is 74.2 Å². The molecule has 0 saturated carbocycles. The van der Waals surface area contributed by atoms with E-state index in [2.05, 4.69) is 4.98 Å². The number of hydrogen-bond donors (Lipinski definition) is 1. The summed E-state index contributed by atoms with van der Waals surface area (Å²) in [7, 11) is 0. The number of fused-ring (bicyclic) bond motifs is 1. The fourth-order valence-corrected chi connectivity index (χ4v) is 2.34.